The molecule has 2 rings (SSSR count). The fraction of sp³-hybridized carbons (Fsp3) is 0.938. The summed E-state index contributed by atoms with van der Waals surface area (Å²) < 4.78 is 12.1. The van der Waals surface area contributed by atoms with Gasteiger partial charge in [-0.3, -0.25) is 0 Å². The van der Waals surface area contributed by atoms with E-state index in [0.717, 1.165) is 13.0 Å². The third-order valence-electron chi connectivity index (χ3n) is 4.23. The maximum absolute atomic E-state index is 12.2. The fourth-order valence-electron chi connectivity index (χ4n) is 3.05. The van der Waals surface area contributed by atoms with Crippen molar-refractivity contribution in [2.24, 2.45) is 5.92 Å². The van der Waals surface area contributed by atoms with E-state index in [1.807, 2.05) is 20.8 Å². The van der Waals surface area contributed by atoms with Gasteiger partial charge < -0.3 is 14.4 Å². The molecule has 1 aliphatic carbocycles. The Labute approximate surface area is 142 Å². The average molecular weight is 409 g/mol. The Kier molecular flexibility index (Phi) is 5.79. The van der Waals surface area contributed by atoms with Gasteiger partial charge in [-0.25, -0.2) is 4.79 Å². The monoisotopic (exact) mass is 409 g/mol. The first-order valence-electron chi connectivity index (χ1n) is 8.04. The molecule has 1 aliphatic heterocycles. The van der Waals surface area contributed by atoms with Crippen LogP contribution in [0.1, 0.15) is 53.4 Å². The molecule has 0 aromatic carbocycles. The Morgan fingerprint density at radius 1 is 1.14 bits per heavy atom. The second-order valence-corrected chi connectivity index (χ2v) is 8.98. The van der Waals surface area contributed by atoms with E-state index in [9.17, 15) is 4.79 Å². The van der Waals surface area contributed by atoms with Gasteiger partial charge in [0.1, 0.15) is 5.60 Å². The van der Waals surface area contributed by atoms with Crippen LogP contribution in [0.5, 0.6) is 0 Å². The van der Waals surface area contributed by atoms with Crippen molar-refractivity contribution < 1.29 is 14.3 Å². The Bertz CT molecular complexity index is 369. The van der Waals surface area contributed by atoms with Crippen LogP contribution in [0.4, 0.5) is 4.79 Å². The number of rotatable bonds is 2. The van der Waals surface area contributed by atoms with Crippen molar-refractivity contribution in [1.29, 1.82) is 0 Å². The number of hydrogen-bond donors (Lipinski definition) is 0. The standard InChI is InChI=1S/C16H28INO3/c1-11-7-5-6-8-13(11)20-14-10-18(9-12(14)17)15(19)21-16(2,3)4/h11-14H,5-10H2,1-4H3. The van der Waals surface area contributed by atoms with Gasteiger partial charge in [0, 0.05) is 6.54 Å². The smallest absolute Gasteiger partial charge is 0.410 e. The van der Waals surface area contributed by atoms with E-state index in [1.165, 1.54) is 19.3 Å². The molecule has 122 valence electrons. The summed E-state index contributed by atoms with van der Waals surface area (Å²) >= 11 is 2.41. The van der Waals surface area contributed by atoms with Crippen LogP contribution in [0.15, 0.2) is 0 Å². The number of hydrogen-bond acceptors (Lipinski definition) is 3. The van der Waals surface area contributed by atoms with Gasteiger partial charge in [-0.15, -0.1) is 0 Å². The summed E-state index contributed by atoms with van der Waals surface area (Å²) in [5, 5.41) is 0. The molecule has 0 aromatic heterocycles. The molecule has 4 nitrogen and oxygen atoms in total. The third kappa shape index (κ3) is 4.98. The zero-order chi connectivity index (χ0) is 15.6. The van der Waals surface area contributed by atoms with E-state index in [2.05, 4.69) is 29.5 Å². The largest absolute Gasteiger partial charge is 0.444 e. The average Bonchev–Trinajstić information content (AvgIpc) is 2.72. The van der Waals surface area contributed by atoms with Crippen LogP contribution in [-0.2, 0) is 9.47 Å². The maximum Gasteiger partial charge on any atom is 0.410 e. The van der Waals surface area contributed by atoms with Crippen molar-refractivity contribution >= 4 is 28.7 Å². The van der Waals surface area contributed by atoms with Gasteiger partial charge in [0.25, 0.3) is 0 Å². The molecule has 0 N–H and O–H groups in total. The lowest BCUT2D eigenvalue weighted by Crippen LogP contribution is -2.37. The summed E-state index contributed by atoms with van der Waals surface area (Å²) in [5.74, 6) is 0.637. The van der Waals surface area contributed by atoms with Crippen LogP contribution in [-0.4, -0.2) is 45.8 Å². The van der Waals surface area contributed by atoms with E-state index in [0.29, 0.717) is 22.5 Å². The summed E-state index contributed by atoms with van der Waals surface area (Å²) in [6.45, 7) is 9.38. The number of ether oxygens (including phenoxy) is 2. The van der Waals surface area contributed by atoms with Crippen molar-refractivity contribution in [2.45, 2.75) is 75.1 Å². The molecule has 2 fully saturated rings. The van der Waals surface area contributed by atoms with E-state index in [1.54, 1.807) is 4.90 Å². The molecule has 0 bridgehead atoms. The van der Waals surface area contributed by atoms with Crippen LogP contribution in [0, 0.1) is 5.92 Å². The first kappa shape index (κ1) is 17.3. The number of nitrogens with zero attached hydrogens (tertiary/aromatic N) is 1. The molecule has 4 atom stereocenters. The second-order valence-electron chi connectivity index (χ2n) is 7.38. The number of likely N-dealkylation sites (tertiary alicyclic amines) is 1. The topological polar surface area (TPSA) is 38.8 Å². The van der Waals surface area contributed by atoms with Crippen LogP contribution in [0.25, 0.3) is 0 Å². The molecular weight excluding hydrogens is 381 g/mol. The predicted octanol–water partition coefficient (Wildman–Crippen LogP) is 4.00. The molecule has 0 spiro atoms. The first-order chi connectivity index (χ1) is 9.76. The summed E-state index contributed by atoms with van der Waals surface area (Å²) in [7, 11) is 0. The minimum atomic E-state index is -0.436. The minimum absolute atomic E-state index is 0.142. The van der Waals surface area contributed by atoms with Gasteiger partial charge in [0.15, 0.2) is 0 Å². The third-order valence-corrected chi connectivity index (χ3v) is 5.43. The highest BCUT2D eigenvalue weighted by molar-refractivity contribution is 14.1. The lowest BCUT2D eigenvalue weighted by molar-refractivity contribution is -0.0484. The molecule has 1 saturated carbocycles. The fourth-order valence-corrected chi connectivity index (χ4v) is 3.92. The van der Waals surface area contributed by atoms with Gasteiger partial charge in [-0.1, -0.05) is 42.4 Å². The Hall–Kier alpha value is -0.0400. The van der Waals surface area contributed by atoms with Gasteiger partial charge in [0.05, 0.1) is 22.7 Å². The van der Waals surface area contributed by atoms with Crippen LogP contribution in [0.2, 0.25) is 0 Å². The van der Waals surface area contributed by atoms with Crippen LogP contribution in [0.3, 0.4) is 0 Å². The van der Waals surface area contributed by atoms with Crippen LogP contribution < -0.4 is 0 Å². The van der Waals surface area contributed by atoms with Crippen LogP contribution >= 0.6 is 22.6 Å². The number of amides is 1. The molecule has 1 amide bonds. The summed E-state index contributed by atoms with van der Waals surface area (Å²) in [4.78, 5) is 13.9. The van der Waals surface area contributed by atoms with Crippen molar-refractivity contribution in [3.8, 4) is 0 Å². The number of halogens is 1. The highest BCUT2D eigenvalue weighted by Gasteiger charge is 2.38. The Morgan fingerprint density at radius 2 is 1.81 bits per heavy atom. The van der Waals surface area contributed by atoms with E-state index in [4.69, 9.17) is 9.47 Å². The molecule has 4 unspecified atom stereocenters. The zero-order valence-corrected chi connectivity index (χ0v) is 15.8. The van der Waals surface area contributed by atoms with Gasteiger partial charge >= 0.3 is 6.09 Å². The highest BCUT2D eigenvalue weighted by Crippen LogP contribution is 2.31. The normalized spacial score (nSPS) is 34.0. The van der Waals surface area contributed by atoms with Crippen molar-refractivity contribution in [2.75, 3.05) is 13.1 Å². The van der Waals surface area contributed by atoms with Gasteiger partial charge in [0.2, 0.25) is 0 Å². The Morgan fingerprint density at radius 3 is 2.43 bits per heavy atom. The van der Waals surface area contributed by atoms with Gasteiger partial charge in [-0.05, 0) is 39.5 Å². The molecule has 0 radical (unpaired) electrons. The minimum Gasteiger partial charge on any atom is -0.444 e. The summed E-state index contributed by atoms with van der Waals surface area (Å²) in [6.07, 6.45) is 5.30. The second kappa shape index (κ2) is 7.02. The number of carbonyl (C=O) groups excluding carboxylic acids is 1. The molecule has 0 aromatic rings. The lowest BCUT2D eigenvalue weighted by atomic mass is 9.88. The van der Waals surface area contributed by atoms with Crippen molar-refractivity contribution in [3.63, 3.8) is 0 Å². The SMILES string of the molecule is CC1CCCCC1OC1CN(C(=O)OC(C)(C)C)CC1I. The van der Waals surface area contributed by atoms with E-state index >= 15 is 0 Å². The number of alkyl halides is 1. The summed E-state index contributed by atoms with van der Waals surface area (Å²) in [5.41, 5.74) is -0.436. The number of carbonyl (C=O) groups is 1. The van der Waals surface area contributed by atoms with Crippen molar-refractivity contribution in [1.82, 2.24) is 4.90 Å². The Balaban J connectivity index is 1.87. The molecule has 1 heterocycles. The van der Waals surface area contributed by atoms with E-state index in [-0.39, 0.29) is 12.2 Å². The molecular formula is C16H28INO3. The lowest BCUT2D eigenvalue weighted by Gasteiger charge is -2.32. The quantitative estimate of drug-likeness (QED) is 0.511. The van der Waals surface area contributed by atoms with E-state index < -0.39 is 5.60 Å². The summed E-state index contributed by atoms with van der Waals surface area (Å²) in [6, 6.07) is 0. The maximum atomic E-state index is 12.2. The van der Waals surface area contributed by atoms with Gasteiger partial charge in [-0.2, -0.15) is 0 Å². The molecule has 2 aliphatic rings. The molecule has 21 heavy (non-hydrogen) atoms. The predicted molar refractivity (Wildman–Crippen MR) is 91.9 cm³/mol. The van der Waals surface area contributed by atoms with Crippen molar-refractivity contribution in [3.05, 3.63) is 0 Å². The molecule has 1 saturated heterocycles. The first-order valence-corrected chi connectivity index (χ1v) is 9.28. The highest BCUT2D eigenvalue weighted by atomic mass is 127. The zero-order valence-electron chi connectivity index (χ0n) is 13.6. The molecule has 5 heteroatoms.